The molecule has 84 valence electrons. The second-order valence-corrected chi connectivity index (χ2v) is 5.66. The standard InChI is InChI=1S/C12H16BrClS/c1-15-8-4-5-10(9-14)11-6-2-3-7-12(11)13/h2-3,6-7,10H,4-5,8-9H2,1H3. The molecule has 3 heteroatoms. The molecule has 0 nitrogen and oxygen atoms in total. The lowest BCUT2D eigenvalue weighted by Gasteiger charge is -2.15. The van der Waals surface area contributed by atoms with Gasteiger partial charge in [0.2, 0.25) is 0 Å². The zero-order valence-corrected chi connectivity index (χ0v) is 12.0. The summed E-state index contributed by atoms with van der Waals surface area (Å²) in [6.07, 6.45) is 4.56. The fraction of sp³-hybridized carbons (Fsp3) is 0.500. The van der Waals surface area contributed by atoms with Crippen LogP contribution in [0.15, 0.2) is 28.7 Å². The van der Waals surface area contributed by atoms with Crippen molar-refractivity contribution in [2.24, 2.45) is 0 Å². The summed E-state index contributed by atoms with van der Waals surface area (Å²) in [5.41, 5.74) is 1.34. The van der Waals surface area contributed by atoms with E-state index in [2.05, 4.69) is 40.4 Å². The van der Waals surface area contributed by atoms with E-state index in [4.69, 9.17) is 11.6 Å². The molecule has 1 aromatic rings. The summed E-state index contributed by atoms with van der Waals surface area (Å²) in [7, 11) is 0. The van der Waals surface area contributed by atoms with Crippen LogP contribution >= 0.6 is 39.3 Å². The largest absolute Gasteiger partial charge is 0.165 e. The number of halogens is 2. The monoisotopic (exact) mass is 306 g/mol. The van der Waals surface area contributed by atoms with Crippen molar-refractivity contribution in [1.82, 2.24) is 0 Å². The second kappa shape index (κ2) is 7.59. The van der Waals surface area contributed by atoms with Crippen LogP contribution in [-0.4, -0.2) is 17.9 Å². The van der Waals surface area contributed by atoms with Gasteiger partial charge in [0.1, 0.15) is 0 Å². The summed E-state index contributed by atoms with van der Waals surface area (Å²) < 4.78 is 1.18. The number of alkyl halides is 1. The summed E-state index contributed by atoms with van der Waals surface area (Å²) in [4.78, 5) is 0. The third-order valence-corrected chi connectivity index (χ3v) is 4.22. The summed E-state index contributed by atoms with van der Waals surface area (Å²) in [6.45, 7) is 0. The molecule has 0 aliphatic carbocycles. The van der Waals surface area contributed by atoms with Crippen molar-refractivity contribution in [3.63, 3.8) is 0 Å². The highest BCUT2D eigenvalue weighted by Gasteiger charge is 2.12. The smallest absolute Gasteiger partial charge is 0.0292 e. The Morgan fingerprint density at radius 2 is 2.13 bits per heavy atom. The molecule has 15 heavy (non-hydrogen) atoms. The Morgan fingerprint density at radius 1 is 1.40 bits per heavy atom. The molecule has 1 atom stereocenters. The maximum absolute atomic E-state index is 6.03. The van der Waals surface area contributed by atoms with Gasteiger partial charge in [-0.2, -0.15) is 11.8 Å². The average molecular weight is 308 g/mol. The fourth-order valence-electron chi connectivity index (χ4n) is 1.60. The molecule has 0 aliphatic heterocycles. The minimum Gasteiger partial charge on any atom is -0.165 e. The van der Waals surface area contributed by atoms with Gasteiger partial charge in [0.05, 0.1) is 0 Å². The Kier molecular flexibility index (Phi) is 6.78. The van der Waals surface area contributed by atoms with Crippen molar-refractivity contribution in [1.29, 1.82) is 0 Å². The summed E-state index contributed by atoms with van der Waals surface area (Å²) in [5.74, 6) is 2.41. The van der Waals surface area contributed by atoms with Gasteiger partial charge in [0, 0.05) is 10.4 Å². The van der Waals surface area contributed by atoms with Crippen LogP contribution in [0, 0.1) is 0 Å². The van der Waals surface area contributed by atoms with E-state index >= 15 is 0 Å². The lowest BCUT2D eigenvalue weighted by atomic mass is 9.96. The molecule has 0 fully saturated rings. The normalized spacial score (nSPS) is 12.7. The molecule has 0 amide bonds. The Morgan fingerprint density at radius 3 is 2.73 bits per heavy atom. The average Bonchev–Trinajstić information content (AvgIpc) is 2.26. The number of hydrogen-bond donors (Lipinski definition) is 0. The van der Waals surface area contributed by atoms with Crippen molar-refractivity contribution in [2.45, 2.75) is 18.8 Å². The van der Waals surface area contributed by atoms with E-state index in [9.17, 15) is 0 Å². The summed E-state index contributed by atoms with van der Waals surface area (Å²) >= 11 is 11.5. The first kappa shape index (κ1) is 13.4. The fourth-order valence-corrected chi connectivity index (χ4v) is 2.98. The van der Waals surface area contributed by atoms with Gasteiger partial charge in [0.15, 0.2) is 0 Å². The number of benzene rings is 1. The van der Waals surface area contributed by atoms with E-state index in [-0.39, 0.29) is 0 Å². The number of hydrogen-bond acceptors (Lipinski definition) is 1. The minimum atomic E-state index is 0.481. The van der Waals surface area contributed by atoms with Crippen LogP contribution < -0.4 is 0 Å². The number of thioether (sulfide) groups is 1. The predicted molar refractivity (Wildman–Crippen MR) is 75.2 cm³/mol. The maximum atomic E-state index is 6.03. The Balaban J connectivity index is 2.61. The molecule has 0 aliphatic rings. The van der Waals surface area contributed by atoms with Gasteiger partial charge in [-0.05, 0) is 42.4 Å². The number of rotatable bonds is 6. The van der Waals surface area contributed by atoms with Crippen molar-refractivity contribution in [2.75, 3.05) is 17.9 Å². The molecule has 0 aromatic heterocycles. The molecule has 1 rings (SSSR count). The predicted octanol–water partition coefficient (Wildman–Crippen LogP) is 4.91. The molecular formula is C12H16BrClS. The van der Waals surface area contributed by atoms with Crippen molar-refractivity contribution in [3.8, 4) is 0 Å². The van der Waals surface area contributed by atoms with Gasteiger partial charge in [-0.1, -0.05) is 34.1 Å². The first-order chi connectivity index (χ1) is 7.29. The Hall–Kier alpha value is 0.340. The van der Waals surface area contributed by atoms with Crippen LogP contribution in [0.5, 0.6) is 0 Å². The van der Waals surface area contributed by atoms with Crippen LogP contribution in [0.3, 0.4) is 0 Å². The highest BCUT2D eigenvalue weighted by Crippen LogP contribution is 2.29. The molecule has 1 unspecified atom stereocenters. The molecule has 0 bridgehead atoms. The van der Waals surface area contributed by atoms with E-state index in [1.807, 2.05) is 17.8 Å². The topological polar surface area (TPSA) is 0 Å². The van der Waals surface area contributed by atoms with Gasteiger partial charge in [0.25, 0.3) is 0 Å². The van der Waals surface area contributed by atoms with Crippen LogP contribution in [0.1, 0.15) is 24.3 Å². The molecule has 0 radical (unpaired) electrons. The van der Waals surface area contributed by atoms with Crippen molar-refractivity contribution >= 4 is 39.3 Å². The minimum absolute atomic E-state index is 0.481. The van der Waals surface area contributed by atoms with Gasteiger partial charge < -0.3 is 0 Å². The zero-order valence-electron chi connectivity index (χ0n) is 8.88. The lowest BCUT2D eigenvalue weighted by molar-refractivity contribution is 0.672. The maximum Gasteiger partial charge on any atom is 0.0292 e. The van der Waals surface area contributed by atoms with E-state index in [0.717, 1.165) is 0 Å². The first-order valence-electron chi connectivity index (χ1n) is 5.09. The van der Waals surface area contributed by atoms with E-state index in [1.54, 1.807) is 0 Å². The van der Waals surface area contributed by atoms with E-state index in [1.165, 1.54) is 28.6 Å². The molecule has 0 heterocycles. The zero-order chi connectivity index (χ0) is 11.1. The van der Waals surface area contributed by atoms with E-state index < -0.39 is 0 Å². The van der Waals surface area contributed by atoms with Crippen molar-refractivity contribution < 1.29 is 0 Å². The lowest BCUT2D eigenvalue weighted by Crippen LogP contribution is -2.02. The van der Waals surface area contributed by atoms with Crippen molar-refractivity contribution in [3.05, 3.63) is 34.3 Å². The highest BCUT2D eigenvalue weighted by molar-refractivity contribution is 9.10. The Labute approximate surface area is 110 Å². The van der Waals surface area contributed by atoms with E-state index in [0.29, 0.717) is 11.8 Å². The SMILES string of the molecule is CSCCCC(CCl)c1ccccc1Br. The van der Waals surface area contributed by atoms with Gasteiger partial charge >= 0.3 is 0 Å². The molecule has 0 N–H and O–H groups in total. The summed E-state index contributed by atoms with van der Waals surface area (Å²) in [6, 6.07) is 8.37. The molecule has 1 aromatic carbocycles. The van der Waals surface area contributed by atoms with Crippen LogP contribution in [0.25, 0.3) is 0 Å². The third kappa shape index (κ3) is 4.38. The first-order valence-corrected chi connectivity index (χ1v) is 7.81. The quantitative estimate of drug-likeness (QED) is 0.531. The van der Waals surface area contributed by atoms with Crippen LogP contribution in [-0.2, 0) is 0 Å². The van der Waals surface area contributed by atoms with Gasteiger partial charge in [-0.3, -0.25) is 0 Å². The molecular weight excluding hydrogens is 292 g/mol. The van der Waals surface area contributed by atoms with Crippen LogP contribution in [0.2, 0.25) is 0 Å². The second-order valence-electron chi connectivity index (χ2n) is 3.51. The molecule has 0 saturated heterocycles. The molecule has 0 saturated carbocycles. The third-order valence-electron chi connectivity index (χ3n) is 2.43. The van der Waals surface area contributed by atoms with Gasteiger partial charge in [-0.25, -0.2) is 0 Å². The van der Waals surface area contributed by atoms with Crippen LogP contribution in [0.4, 0.5) is 0 Å². The highest BCUT2D eigenvalue weighted by atomic mass is 79.9. The Bertz CT molecular complexity index is 291. The van der Waals surface area contributed by atoms with Gasteiger partial charge in [-0.15, -0.1) is 11.6 Å². The summed E-state index contributed by atoms with van der Waals surface area (Å²) in [5, 5.41) is 0. The molecule has 0 spiro atoms.